The summed E-state index contributed by atoms with van der Waals surface area (Å²) in [7, 11) is 0. The first kappa shape index (κ1) is 10.3. The molecule has 1 heterocycles. The molecule has 0 spiro atoms. The topological polar surface area (TPSA) is 29.3 Å². The molecule has 0 aliphatic carbocycles. The van der Waals surface area contributed by atoms with Crippen LogP contribution in [0.4, 0.5) is 0 Å². The average molecular weight is 181 g/mol. The van der Waals surface area contributed by atoms with Gasteiger partial charge in [0, 0.05) is 0 Å². The van der Waals surface area contributed by atoms with Gasteiger partial charge in [0.25, 0.3) is 6.39 Å². The van der Waals surface area contributed by atoms with Gasteiger partial charge in [-0.3, -0.25) is 4.90 Å². The van der Waals surface area contributed by atoms with Crippen molar-refractivity contribution in [3.63, 3.8) is 0 Å². The van der Waals surface area contributed by atoms with Gasteiger partial charge in [-0.1, -0.05) is 13.8 Å². The molecule has 3 heteroatoms. The minimum Gasteiger partial charge on any atom is -0.436 e. The SMILES string of the molecule is CCCN(CCC)Cc1cn[c]o1. The van der Waals surface area contributed by atoms with Crippen LogP contribution in [0.25, 0.3) is 0 Å². The van der Waals surface area contributed by atoms with Gasteiger partial charge in [-0.25, -0.2) is 4.98 Å². The van der Waals surface area contributed by atoms with E-state index in [4.69, 9.17) is 4.42 Å². The van der Waals surface area contributed by atoms with Crippen LogP contribution < -0.4 is 0 Å². The van der Waals surface area contributed by atoms with Gasteiger partial charge in [0.15, 0.2) is 0 Å². The lowest BCUT2D eigenvalue weighted by molar-refractivity contribution is 0.244. The lowest BCUT2D eigenvalue weighted by Crippen LogP contribution is -2.24. The summed E-state index contributed by atoms with van der Waals surface area (Å²) in [5, 5.41) is 0. The van der Waals surface area contributed by atoms with Crippen LogP contribution in [-0.2, 0) is 6.54 Å². The third kappa shape index (κ3) is 3.59. The van der Waals surface area contributed by atoms with Crippen molar-refractivity contribution in [1.82, 2.24) is 9.88 Å². The molecule has 0 aromatic carbocycles. The molecule has 0 bridgehead atoms. The largest absolute Gasteiger partial charge is 0.436 e. The summed E-state index contributed by atoms with van der Waals surface area (Å²) < 4.78 is 5.08. The maximum atomic E-state index is 5.08. The van der Waals surface area contributed by atoms with Gasteiger partial charge in [-0.05, 0) is 25.9 Å². The van der Waals surface area contributed by atoms with Crippen LogP contribution in [0.1, 0.15) is 32.4 Å². The van der Waals surface area contributed by atoms with Crippen LogP contribution in [0.2, 0.25) is 0 Å². The molecule has 1 aromatic rings. The van der Waals surface area contributed by atoms with Gasteiger partial charge in [0.05, 0.1) is 12.7 Å². The molecule has 0 aliphatic rings. The number of nitrogens with zero attached hydrogens (tertiary/aromatic N) is 2. The predicted octanol–water partition coefficient (Wildman–Crippen LogP) is 2.10. The van der Waals surface area contributed by atoms with Crippen molar-refractivity contribution in [2.24, 2.45) is 0 Å². The Morgan fingerprint density at radius 1 is 1.38 bits per heavy atom. The number of aromatic nitrogens is 1. The lowest BCUT2D eigenvalue weighted by Gasteiger charge is -2.18. The van der Waals surface area contributed by atoms with E-state index >= 15 is 0 Å². The molecule has 73 valence electrons. The summed E-state index contributed by atoms with van der Waals surface area (Å²) in [6.45, 7) is 7.48. The van der Waals surface area contributed by atoms with Crippen LogP contribution in [0.5, 0.6) is 0 Å². The molecule has 0 aliphatic heterocycles. The standard InChI is InChI=1S/C10H17N2O/c1-3-5-12(6-4-2)8-10-7-11-9-13-10/h7H,3-6,8H2,1-2H3. The van der Waals surface area contributed by atoms with Crippen molar-refractivity contribution >= 4 is 0 Å². The van der Waals surface area contributed by atoms with E-state index < -0.39 is 0 Å². The number of rotatable bonds is 6. The highest BCUT2D eigenvalue weighted by Crippen LogP contribution is 2.04. The zero-order valence-corrected chi connectivity index (χ0v) is 8.42. The second-order valence-corrected chi connectivity index (χ2v) is 3.19. The predicted molar refractivity (Wildman–Crippen MR) is 51.2 cm³/mol. The van der Waals surface area contributed by atoms with Gasteiger partial charge in [0.1, 0.15) is 5.76 Å². The molecule has 0 N–H and O–H groups in total. The van der Waals surface area contributed by atoms with Crippen molar-refractivity contribution in [2.75, 3.05) is 13.1 Å². The lowest BCUT2D eigenvalue weighted by atomic mass is 10.3. The summed E-state index contributed by atoms with van der Waals surface area (Å²) in [6.07, 6.45) is 6.56. The van der Waals surface area contributed by atoms with E-state index in [1.54, 1.807) is 6.20 Å². The fourth-order valence-corrected chi connectivity index (χ4v) is 1.41. The Bertz CT molecular complexity index is 203. The fourth-order valence-electron chi connectivity index (χ4n) is 1.41. The van der Waals surface area contributed by atoms with Crippen molar-refractivity contribution in [2.45, 2.75) is 33.2 Å². The number of hydrogen-bond donors (Lipinski definition) is 0. The van der Waals surface area contributed by atoms with Crippen LogP contribution in [0.15, 0.2) is 10.6 Å². The maximum absolute atomic E-state index is 5.08. The molecule has 1 aromatic heterocycles. The smallest absolute Gasteiger partial charge is 0.283 e. The van der Waals surface area contributed by atoms with E-state index in [2.05, 4.69) is 30.1 Å². The molecule has 3 nitrogen and oxygen atoms in total. The van der Waals surface area contributed by atoms with Crippen LogP contribution in [0, 0.1) is 6.39 Å². The normalized spacial score (nSPS) is 11.0. The van der Waals surface area contributed by atoms with Gasteiger partial charge in [-0.2, -0.15) is 0 Å². The Morgan fingerprint density at radius 2 is 2.08 bits per heavy atom. The second kappa shape index (κ2) is 5.75. The molecule has 0 fully saturated rings. The van der Waals surface area contributed by atoms with Gasteiger partial charge < -0.3 is 4.42 Å². The van der Waals surface area contributed by atoms with Crippen molar-refractivity contribution < 1.29 is 4.42 Å². The third-order valence-electron chi connectivity index (χ3n) is 1.90. The van der Waals surface area contributed by atoms with E-state index in [0.717, 1.165) is 25.4 Å². The van der Waals surface area contributed by atoms with Crippen molar-refractivity contribution in [3.8, 4) is 0 Å². The first-order valence-electron chi connectivity index (χ1n) is 4.90. The molecule has 1 radical (unpaired) electrons. The highest BCUT2D eigenvalue weighted by atomic mass is 16.3. The molecule has 0 saturated heterocycles. The number of hydrogen-bond acceptors (Lipinski definition) is 3. The number of oxazole rings is 1. The molecule has 1 rings (SSSR count). The summed E-state index contributed by atoms with van der Waals surface area (Å²) in [6, 6.07) is 0. The van der Waals surface area contributed by atoms with Crippen molar-refractivity contribution in [3.05, 3.63) is 18.4 Å². The highest BCUT2D eigenvalue weighted by Gasteiger charge is 2.05. The fraction of sp³-hybridized carbons (Fsp3) is 0.700. The average Bonchev–Trinajstić information content (AvgIpc) is 2.58. The zero-order chi connectivity index (χ0) is 9.52. The molecular formula is C10H17N2O. The molecule has 0 atom stereocenters. The second-order valence-electron chi connectivity index (χ2n) is 3.19. The zero-order valence-electron chi connectivity index (χ0n) is 8.42. The summed E-state index contributed by atoms with van der Waals surface area (Å²) in [5.41, 5.74) is 0. The summed E-state index contributed by atoms with van der Waals surface area (Å²) in [4.78, 5) is 6.15. The van der Waals surface area contributed by atoms with Gasteiger partial charge in [0.2, 0.25) is 0 Å². The first-order valence-corrected chi connectivity index (χ1v) is 4.90. The summed E-state index contributed by atoms with van der Waals surface area (Å²) >= 11 is 0. The molecule has 13 heavy (non-hydrogen) atoms. The van der Waals surface area contributed by atoms with Crippen molar-refractivity contribution in [1.29, 1.82) is 0 Å². The Labute approximate surface area is 79.8 Å². The quantitative estimate of drug-likeness (QED) is 0.673. The molecule has 0 unspecified atom stereocenters. The molecular weight excluding hydrogens is 164 g/mol. The van der Waals surface area contributed by atoms with E-state index in [9.17, 15) is 0 Å². The van der Waals surface area contributed by atoms with Gasteiger partial charge >= 0.3 is 0 Å². The van der Waals surface area contributed by atoms with Crippen LogP contribution in [-0.4, -0.2) is 23.0 Å². The third-order valence-corrected chi connectivity index (χ3v) is 1.90. The van der Waals surface area contributed by atoms with E-state index in [1.165, 1.54) is 12.8 Å². The molecule has 0 amide bonds. The molecule has 0 saturated carbocycles. The Kier molecular flexibility index (Phi) is 4.54. The minimum absolute atomic E-state index is 0.859. The van der Waals surface area contributed by atoms with E-state index in [0.29, 0.717) is 0 Å². The maximum Gasteiger partial charge on any atom is 0.283 e. The van der Waals surface area contributed by atoms with Gasteiger partial charge in [-0.15, -0.1) is 0 Å². The van der Waals surface area contributed by atoms with E-state index in [-0.39, 0.29) is 0 Å². The first-order chi connectivity index (χ1) is 6.36. The Hall–Kier alpha value is -0.830. The summed E-state index contributed by atoms with van der Waals surface area (Å²) in [5.74, 6) is 0.905. The Balaban J connectivity index is 2.37. The minimum atomic E-state index is 0.859. The highest BCUT2D eigenvalue weighted by molar-refractivity contribution is 4.87. The van der Waals surface area contributed by atoms with Crippen LogP contribution >= 0.6 is 0 Å². The van der Waals surface area contributed by atoms with Crippen LogP contribution in [0.3, 0.4) is 0 Å². The monoisotopic (exact) mass is 181 g/mol. The Morgan fingerprint density at radius 3 is 2.54 bits per heavy atom. The van der Waals surface area contributed by atoms with E-state index in [1.807, 2.05) is 0 Å².